The molecule has 374 valence electrons. The van der Waals surface area contributed by atoms with Crippen LogP contribution in [0.15, 0.2) is 79.3 Å². The molecule has 0 radical (unpaired) electrons. The lowest BCUT2D eigenvalue weighted by Crippen LogP contribution is -1.92. The quantitative estimate of drug-likeness (QED) is 0.149. The third-order valence-corrected chi connectivity index (χ3v) is 10.4. The highest BCUT2D eigenvalue weighted by atomic mass is 32.1. The average molecular weight is 1000 g/mol. The number of aryl methyl sites for hydroxylation is 19. The molecule has 0 aliphatic carbocycles. The van der Waals surface area contributed by atoms with Gasteiger partial charge in [-0.2, -0.15) is 15.1 Å². The molecular formula is C46H69N17O3S3. The maximum absolute atomic E-state index is 4.97. The summed E-state index contributed by atoms with van der Waals surface area (Å²) < 4.78 is 18.2. The molecule has 10 aromatic heterocycles. The number of oxazole rings is 3. The van der Waals surface area contributed by atoms with Gasteiger partial charge in [0.15, 0.2) is 29.3 Å². The molecule has 10 rings (SSSR count). The van der Waals surface area contributed by atoms with Gasteiger partial charge in [0.25, 0.3) is 0 Å². The third-order valence-electron chi connectivity index (χ3n) is 7.53. The van der Waals surface area contributed by atoms with E-state index in [-0.39, 0.29) is 0 Å². The molecule has 0 saturated carbocycles. The summed E-state index contributed by atoms with van der Waals surface area (Å²) in [6, 6.07) is 8.65. The van der Waals surface area contributed by atoms with Gasteiger partial charge in [-0.25, -0.2) is 19.6 Å². The minimum Gasteiger partial charge on any atom is -0.449 e. The first-order valence-corrected chi connectivity index (χ1v) is 23.9. The average Bonchev–Trinajstić information content (AvgIpc) is 4.12. The van der Waals surface area contributed by atoms with E-state index in [4.69, 9.17) is 13.3 Å². The largest absolute Gasteiger partial charge is 0.449 e. The van der Waals surface area contributed by atoms with Crippen molar-refractivity contribution in [3.05, 3.63) is 155 Å². The summed E-state index contributed by atoms with van der Waals surface area (Å²) in [6.45, 7) is 31.3. The van der Waals surface area contributed by atoms with E-state index in [1.165, 1.54) is 41.0 Å². The van der Waals surface area contributed by atoms with Crippen LogP contribution in [0.3, 0.4) is 0 Å². The molecule has 0 spiro atoms. The van der Waals surface area contributed by atoms with E-state index >= 15 is 0 Å². The summed E-state index contributed by atoms with van der Waals surface area (Å²) >= 11 is 5.45. The lowest BCUT2D eigenvalue weighted by molar-refractivity contribution is 0.494. The first kappa shape index (κ1) is 60.2. The molecule has 0 unspecified atom stereocenters. The fourth-order valence-corrected chi connectivity index (χ4v) is 6.69. The predicted molar refractivity (Wildman–Crippen MR) is 273 cm³/mol. The summed E-state index contributed by atoms with van der Waals surface area (Å²) in [5.74, 6) is 6.17. The summed E-state index contributed by atoms with van der Waals surface area (Å²) in [5, 5.41) is 42.5. The molecule has 0 bridgehead atoms. The molecule has 0 aromatic carbocycles. The van der Waals surface area contributed by atoms with E-state index in [1.54, 1.807) is 78.6 Å². The van der Waals surface area contributed by atoms with Crippen LogP contribution in [-0.4, -0.2) is 85.8 Å². The minimum atomic E-state index is 0.676. The molecule has 0 saturated heterocycles. The Hall–Kier alpha value is -6.85. The smallest absolute Gasteiger partial charge is 0.191 e. The van der Waals surface area contributed by atoms with Crippen LogP contribution in [0.2, 0.25) is 0 Å². The molecule has 20 nitrogen and oxygen atoms in total. The fraction of sp³-hybridized carbons (Fsp3) is 0.413. The van der Waals surface area contributed by atoms with E-state index < -0.39 is 0 Å². The second-order valence-electron chi connectivity index (χ2n) is 14.9. The number of nitrogens with zero attached hydrogens (tertiary/aromatic N) is 16. The van der Waals surface area contributed by atoms with Crippen molar-refractivity contribution in [3.8, 4) is 0 Å². The van der Waals surface area contributed by atoms with E-state index in [2.05, 4.69) is 148 Å². The van der Waals surface area contributed by atoms with Gasteiger partial charge in [0.2, 0.25) is 0 Å². The van der Waals surface area contributed by atoms with Gasteiger partial charge in [-0.1, -0.05) is 5.21 Å². The van der Waals surface area contributed by atoms with Gasteiger partial charge in [0.05, 0.1) is 31.3 Å². The molecule has 0 aliphatic rings. The number of hydrogen-bond acceptors (Lipinski definition) is 19. The van der Waals surface area contributed by atoms with E-state index in [0.29, 0.717) is 11.6 Å². The van der Waals surface area contributed by atoms with E-state index in [9.17, 15) is 0 Å². The number of rotatable bonds is 0. The Balaban J connectivity index is 0.000000383. The van der Waals surface area contributed by atoms with Crippen molar-refractivity contribution >= 4 is 34.0 Å². The lowest BCUT2D eigenvalue weighted by Gasteiger charge is -1.81. The van der Waals surface area contributed by atoms with Crippen molar-refractivity contribution in [3.63, 3.8) is 0 Å². The first-order valence-electron chi connectivity index (χ1n) is 21.3. The van der Waals surface area contributed by atoms with E-state index in [0.717, 1.165) is 40.7 Å². The molecule has 0 fully saturated rings. The molecule has 0 aliphatic heterocycles. The highest BCUT2D eigenvalue weighted by Crippen LogP contribution is 2.12. The second-order valence-corrected chi connectivity index (χ2v) is 18.7. The Morgan fingerprint density at radius 2 is 1.13 bits per heavy atom. The Labute approximate surface area is 417 Å². The lowest BCUT2D eigenvalue weighted by atomic mass is 10.4. The molecular weight excluding hydrogens is 935 g/mol. The normalized spacial score (nSPS) is 9.38. The molecule has 0 atom stereocenters. The van der Waals surface area contributed by atoms with Crippen molar-refractivity contribution in [1.82, 2.24) is 85.8 Å². The number of H-pyrrole nitrogens is 1. The molecule has 1 N–H and O–H groups in total. The van der Waals surface area contributed by atoms with Gasteiger partial charge in [-0.15, -0.1) is 59.5 Å². The van der Waals surface area contributed by atoms with Crippen molar-refractivity contribution in [2.45, 2.75) is 111 Å². The summed E-state index contributed by atoms with van der Waals surface area (Å²) in [6.07, 6.45) is 8.85. The molecule has 10 heterocycles. The Bertz CT molecular complexity index is 2170. The van der Waals surface area contributed by atoms with Crippen LogP contribution < -0.4 is 0 Å². The van der Waals surface area contributed by atoms with Gasteiger partial charge < -0.3 is 13.3 Å². The highest BCUT2D eigenvalue weighted by molar-refractivity contribution is 7.11. The first-order chi connectivity index (χ1) is 32.5. The van der Waals surface area contributed by atoms with Gasteiger partial charge in [0, 0.05) is 60.6 Å². The van der Waals surface area contributed by atoms with Crippen LogP contribution in [0.1, 0.15) is 88.6 Å². The summed E-state index contributed by atoms with van der Waals surface area (Å²) in [5.41, 5.74) is 4.91. The zero-order chi connectivity index (χ0) is 51.9. The van der Waals surface area contributed by atoms with Crippen molar-refractivity contribution < 1.29 is 13.3 Å². The van der Waals surface area contributed by atoms with Crippen LogP contribution in [0.4, 0.5) is 0 Å². The zero-order valence-electron chi connectivity index (χ0n) is 43.5. The number of hydrogen-bond donors (Lipinski definition) is 1. The number of aromatic amines is 1. The van der Waals surface area contributed by atoms with Crippen molar-refractivity contribution in [2.75, 3.05) is 0 Å². The summed E-state index contributed by atoms with van der Waals surface area (Å²) in [4.78, 5) is 18.7. The van der Waals surface area contributed by atoms with Crippen LogP contribution in [-0.2, 0) is 21.1 Å². The zero-order valence-corrected chi connectivity index (χ0v) is 45.9. The summed E-state index contributed by atoms with van der Waals surface area (Å²) in [7, 11) is 5.45. The topological polar surface area (TPSA) is 238 Å². The van der Waals surface area contributed by atoms with Gasteiger partial charge in [-0.05, 0) is 157 Å². The Morgan fingerprint density at radius 1 is 0.580 bits per heavy atom. The van der Waals surface area contributed by atoms with Crippen LogP contribution in [0.25, 0.3) is 0 Å². The number of thiophene rings is 3. The number of tetrazole rings is 3. The maximum Gasteiger partial charge on any atom is 0.191 e. The molecule has 23 heteroatoms. The van der Waals surface area contributed by atoms with Crippen LogP contribution in [0.5, 0.6) is 0 Å². The van der Waals surface area contributed by atoms with Crippen molar-refractivity contribution in [1.29, 1.82) is 0 Å². The predicted octanol–water partition coefficient (Wildman–Crippen LogP) is 10.2. The molecule has 0 amide bonds. The van der Waals surface area contributed by atoms with Crippen LogP contribution in [0, 0.1) is 111 Å². The van der Waals surface area contributed by atoms with Gasteiger partial charge >= 0.3 is 0 Å². The minimum absolute atomic E-state index is 0.676. The van der Waals surface area contributed by atoms with Gasteiger partial charge in [0.1, 0.15) is 23.6 Å². The van der Waals surface area contributed by atoms with E-state index in [1.807, 2.05) is 86.2 Å². The fourth-order valence-electron chi connectivity index (χ4n) is 4.52. The Kier molecular flexibility index (Phi) is 29.3. The van der Waals surface area contributed by atoms with Crippen molar-refractivity contribution in [2.24, 2.45) is 21.1 Å². The number of nitrogens with one attached hydrogen (secondary N) is 1. The number of aromatic nitrogens is 17. The second kappa shape index (κ2) is 33.6. The highest BCUT2D eigenvalue weighted by Gasteiger charge is 1.91. The SMILES string of the molecule is Cc1ccc(C)s1.Cc1cnc(C)o1.Cc1cnc(C)o1.Cc1cnn(C)c1.Cc1coc(C)n1.Cc1csc(C)c1.Cc1csc(C)c1.Cc1nn[nH]n1.Cc1nnn(C)n1.Cc1nnnn1C. The van der Waals surface area contributed by atoms with Gasteiger partial charge in [-0.3, -0.25) is 4.68 Å². The molecule has 10 aromatic rings. The Morgan fingerprint density at radius 3 is 1.25 bits per heavy atom. The monoisotopic (exact) mass is 1000 g/mol. The molecule has 69 heavy (non-hydrogen) atoms. The standard InChI is InChI=1S/3C6H8S.C5H8N2.3C5H7NO.2C3H6N4.C2H4N4/c2*1-5-3-6(2)7-4-5;1-5-3-4-6(2)7-5;1-5-3-6-7(2)4-5;1-4-3-7-5(2)6-4;2*1-4-3-6-5(2)7-4;1-3-4-5-6-7(3)2;1-3-4-6-7(2)5-3;1-2-3-5-6-4-2/h4*3-4H,1-2H3;3*3H,1-2H3;2*1-2H3;1H3,(H,3,4,5,6). The third kappa shape index (κ3) is 31.7. The maximum atomic E-state index is 4.97. The van der Waals surface area contributed by atoms with Crippen LogP contribution >= 0.6 is 34.0 Å².